The van der Waals surface area contributed by atoms with E-state index in [4.69, 9.17) is 37.8 Å². The Balaban J connectivity index is 0.000000212. The summed E-state index contributed by atoms with van der Waals surface area (Å²) in [7, 11) is -3.28. The number of anilines is 2. The summed E-state index contributed by atoms with van der Waals surface area (Å²) in [5, 5.41) is 17.8. The summed E-state index contributed by atoms with van der Waals surface area (Å²) in [5.74, 6) is -4.04. The van der Waals surface area contributed by atoms with Crippen molar-refractivity contribution < 1.29 is 85.6 Å². The van der Waals surface area contributed by atoms with Crippen LogP contribution >= 0.6 is 23.2 Å². The summed E-state index contributed by atoms with van der Waals surface area (Å²) in [4.78, 5) is 24.7. The molecule has 6 atom stereocenters. The molecule has 0 spiro atoms. The van der Waals surface area contributed by atoms with Crippen LogP contribution in [0, 0.1) is 11.6 Å². The van der Waals surface area contributed by atoms with E-state index in [2.05, 4.69) is 25.4 Å². The van der Waals surface area contributed by atoms with E-state index in [9.17, 15) is 61.5 Å². The first-order valence-corrected chi connectivity index (χ1v) is 27.4. The lowest BCUT2D eigenvalue weighted by molar-refractivity contribution is -0.275. The smallest absolute Gasteiger partial charge is 0.478 e. The van der Waals surface area contributed by atoms with Crippen LogP contribution in [0.5, 0.6) is 11.5 Å². The standard InChI is InChI=1S/C25H26ClF4N3O5S.C13H17FN2O.C12H11ClF3NO5S/c1-32(2)39(35,36)23-12-21(26)22(38-25(28,29)30)9-15(23)3-8-24(34)33-19-10-18(11-20(33)14-37-13-19)31-17-6-4-16(27)5-7-17;14-9-1-3-10(4-2-9)15-11-5-12-7-17-8-13(6-11)16-12;1-17(2)23(20,21)10-6-8(13)9(22-12(14,15)16)5-7(10)3-4-11(18)19/h3-9,12,18-20,31H,10-11,13-14H2,1-2H3;1-4,11-13,15-16H,5-8H2;3-6H,1-2H3,(H,18,19)/b8-3+;;4-3+/t18?,19-,20+;11?,12-,13+;. The van der Waals surface area contributed by atoms with Gasteiger partial charge in [0.15, 0.2) is 0 Å². The van der Waals surface area contributed by atoms with Crippen molar-refractivity contribution in [2.75, 3.05) is 65.3 Å². The number of aliphatic carboxylic acids is 1. The number of morpholine rings is 2. The summed E-state index contributed by atoms with van der Waals surface area (Å²) in [6.45, 7) is 2.17. The highest BCUT2D eigenvalue weighted by atomic mass is 35.5. The highest BCUT2D eigenvalue weighted by molar-refractivity contribution is 7.89. The van der Waals surface area contributed by atoms with Crippen LogP contribution in [-0.4, -0.2) is 151 Å². The average molecular weight is 1200 g/mol. The largest absolute Gasteiger partial charge is 0.573 e. The van der Waals surface area contributed by atoms with E-state index in [0.29, 0.717) is 43.1 Å². The molecule has 8 rings (SSSR count). The number of piperidine rings is 2. The lowest BCUT2D eigenvalue weighted by atomic mass is 9.89. The van der Waals surface area contributed by atoms with E-state index in [1.165, 1.54) is 52.5 Å². The number of carboxylic acids is 1. The van der Waals surface area contributed by atoms with Crippen LogP contribution in [0.15, 0.2) is 94.7 Å². The van der Waals surface area contributed by atoms with Gasteiger partial charge in [0.25, 0.3) is 0 Å². The number of fused-ring (bicyclic) bond motifs is 4. The van der Waals surface area contributed by atoms with Crippen LogP contribution in [0.25, 0.3) is 12.2 Å². The first-order chi connectivity index (χ1) is 36.9. The lowest BCUT2D eigenvalue weighted by Gasteiger charge is -2.48. The number of carbonyl (C=O) groups excluding carboxylic acids is 1. The van der Waals surface area contributed by atoms with Gasteiger partial charge < -0.3 is 44.9 Å². The monoisotopic (exact) mass is 1200 g/mol. The van der Waals surface area contributed by atoms with Crippen molar-refractivity contribution in [2.24, 2.45) is 0 Å². The molecule has 4 aromatic rings. The molecular weight excluding hydrogens is 1150 g/mol. The quantitative estimate of drug-likeness (QED) is 0.0688. The first-order valence-electron chi connectivity index (χ1n) is 23.8. The van der Waals surface area contributed by atoms with Crippen LogP contribution in [0.2, 0.25) is 10.0 Å². The molecule has 0 saturated carbocycles. The molecule has 2 unspecified atom stereocenters. The second-order valence-corrected chi connectivity index (χ2v) is 23.7. The van der Waals surface area contributed by atoms with Crippen LogP contribution in [-0.2, 0) is 39.1 Å². The number of carboxylic acid groups (broad SMARTS) is 1. The molecule has 4 N–H and O–H groups in total. The Morgan fingerprint density at radius 1 is 0.646 bits per heavy atom. The molecule has 4 aliphatic heterocycles. The number of nitrogens with one attached hydrogen (secondary N) is 3. The van der Waals surface area contributed by atoms with E-state index in [1.54, 1.807) is 29.2 Å². The minimum Gasteiger partial charge on any atom is -0.478 e. The van der Waals surface area contributed by atoms with Gasteiger partial charge in [0.05, 0.1) is 58.3 Å². The molecule has 4 fully saturated rings. The highest BCUT2D eigenvalue weighted by Crippen LogP contribution is 2.38. The molecule has 79 heavy (non-hydrogen) atoms. The zero-order valence-electron chi connectivity index (χ0n) is 42.3. The van der Waals surface area contributed by atoms with Crippen molar-refractivity contribution in [3.63, 3.8) is 0 Å². The molecule has 4 aliphatic rings. The number of sulfonamides is 2. The fourth-order valence-electron chi connectivity index (χ4n) is 8.93. The number of benzene rings is 4. The molecule has 432 valence electrons. The maximum atomic E-state index is 13.3. The number of ether oxygens (including phenoxy) is 4. The summed E-state index contributed by atoms with van der Waals surface area (Å²) in [6, 6.07) is 16.5. The van der Waals surface area contributed by atoms with Gasteiger partial charge in [0.2, 0.25) is 26.0 Å². The number of amides is 1. The van der Waals surface area contributed by atoms with Crippen LogP contribution in [0.1, 0.15) is 36.8 Å². The van der Waals surface area contributed by atoms with Gasteiger partial charge in [-0.2, -0.15) is 0 Å². The fraction of sp³-hybridized carbons (Fsp3) is 0.400. The summed E-state index contributed by atoms with van der Waals surface area (Å²) >= 11 is 11.5. The Hall–Kier alpha value is -5.78. The summed E-state index contributed by atoms with van der Waals surface area (Å²) in [5.41, 5.74) is 1.23. The van der Waals surface area contributed by atoms with E-state index in [1.807, 2.05) is 0 Å². The normalized spacial score (nSPS) is 21.4. The maximum Gasteiger partial charge on any atom is 0.573 e. The first kappa shape index (κ1) is 62.4. The summed E-state index contributed by atoms with van der Waals surface area (Å²) in [6.07, 6.45) is -3.23. The molecule has 4 bridgehead atoms. The molecule has 1 amide bonds. The molecule has 4 aromatic carbocycles. The van der Waals surface area contributed by atoms with Gasteiger partial charge in [-0.1, -0.05) is 23.2 Å². The zero-order chi connectivity index (χ0) is 58.2. The number of carbonyl (C=O) groups is 2. The zero-order valence-corrected chi connectivity index (χ0v) is 45.5. The van der Waals surface area contributed by atoms with E-state index >= 15 is 0 Å². The Kier molecular flexibility index (Phi) is 20.7. The Morgan fingerprint density at radius 2 is 1.03 bits per heavy atom. The second-order valence-electron chi connectivity index (χ2n) is 18.6. The fourth-order valence-corrected chi connectivity index (χ4v) is 11.6. The third-order valence-corrected chi connectivity index (χ3v) is 16.7. The Labute approximate surface area is 460 Å². The molecule has 0 aromatic heterocycles. The maximum absolute atomic E-state index is 13.3. The predicted octanol–water partition coefficient (Wildman–Crippen LogP) is 8.86. The van der Waals surface area contributed by atoms with Gasteiger partial charge >= 0.3 is 18.7 Å². The van der Waals surface area contributed by atoms with Gasteiger partial charge in [-0.3, -0.25) is 4.79 Å². The van der Waals surface area contributed by atoms with Crippen molar-refractivity contribution in [2.45, 2.75) is 84.5 Å². The van der Waals surface area contributed by atoms with Gasteiger partial charge in [-0.05, 0) is 122 Å². The topological polar surface area (TPSA) is 205 Å². The highest BCUT2D eigenvalue weighted by Gasteiger charge is 2.41. The van der Waals surface area contributed by atoms with Gasteiger partial charge in [0.1, 0.15) is 23.1 Å². The minimum absolute atomic E-state index is 0.00225. The Morgan fingerprint density at radius 3 is 1.41 bits per heavy atom. The number of hydrogen-bond donors (Lipinski definition) is 4. The van der Waals surface area contributed by atoms with Crippen LogP contribution in [0.4, 0.5) is 46.5 Å². The van der Waals surface area contributed by atoms with Gasteiger partial charge in [-0.15, -0.1) is 26.3 Å². The number of rotatable bonds is 14. The van der Waals surface area contributed by atoms with Crippen molar-refractivity contribution in [1.29, 1.82) is 0 Å². The number of nitrogens with zero attached hydrogens (tertiary/aromatic N) is 3. The van der Waals surface area contributed by atoms with Crippen molar-refractivity contribution in [3.05, 3.63) is 118 Å². The average Bonchev–Trinajstić information content (AvgIpc) is 3.36. The molecule has 0 aliphatic carbocycles. The van der Waals surface area contributed by atoms with Crippen molar-refractivity contribution in [1.82, 2.24) is 18.8 Å². The molecule has 4 saturated heterocycles. The third-order valence-electron chi connectivity index (χ3n) is 12.4. The third kappa shape index (κ3) is 17.6. The summed E-state index contributed by atoms with van der Waals surface area (Å²) < 4.78 is 172. The van der Waals surface area contributed by atoms with Crippen molar-refractivity contribution >= 4 is 78.7 Å². The molecular formula is C50H54Cl2F8N6O11S2. The second kappa shape index (κ2) is 26.2. The van der Waals surface area contributed by atoms with Crippen LogP contribution < -0.4 is 25.4 Å². The van der Waals surface area contributed by atoms with E-state index < -0.39 is 71.1 Å². The minimum atomic E-state index is -5.06. The number of alkyl halides is 6. The van der Waals surface area contributed by atoms with Crippen molar-refractivity contribution in [3.8, 4) is 11.5 Å². The molecule has 4 heterocycles. The number of hydrogen-bond acceptors (Lipinski definition) is 13. The van der Waals surface area contributed by atoms with E-state index in [0.717, 1.165) is 82.5 Å². The van der Waals surface area contributed by atoms with Crippen LogP contribution in [0.3, 0.4) is 0 Å². The molecule has 29 heteroatoms. The predicted molar refractivity (Wildman–Crippen MR) is 277 cm³/mol. The molecule has 0 radical (unpaired) electrons. The number of halogens is 10. The SMILES string of the molecule is CN(C)S(=O)(=O)c1cc(Cl)c(OC(F)(F)F)cc1/C=C/C(=O)N1[C@@H]2COC[C@H]1CC(Nc1ccc(F)cc1)C2.CN(C)S(=O)(=O)c1cc(Cl)c(OC(F)(F)F)cc1/C=C/C(=O)O.Fc1ccc(NC2C[C@H]3COC[C@@H](C2)N3)cc1. The van der Waals surface area contributed by atoms with Gasteiger partial charge in [0, 0.05) is 75.9 Å². The molecule has 17 nitrogen and oxygen atoms in total. The van der Waals surface area contributed by atoms with Gasteiger partial charge in [-0.25, -0.2) is 39.0 Å². The van der Waals surface area contributed by atoms with E-state index in [-0.39, 0.29) is 59.0 Å². The Bertz CT molecular complexity index is 3060. The lowest BCUT2D eigenvalue weighted by Crippen LogP contribution is -2.60.